The van der Waals surface area contributed by atoms with Gasteiger partial charge in [0.05, 0.1) is 5.92 Å². The Bertz CT molecular complexity index is 805. The molecule has 2 amide bonds. The Labute approximate surface area is 165 Å². The summed E-state index contributed by atoms with van der Waals surface area (Å²) in [7, 11) is 0. The van der Waals surface area contributed by atoms with Gasteiger partial charge in [0.25, 0.3) is 0 Å². The number of hydrogen-bond acceptors (Lipinski definition) is 5. The first-order valence-electron chi connectivity index (χ1n) is 9.78. The second-order valence-corrected chi connectivity index (χ2v) is 7.25. The molecule has 2 aromatic heterocycles. The van der Waals surface area contributed by atoms with Gasteiger partial charge in [-0.3, -0.25) is 14.6 Å². The normalized spacial score (nSPS) is 16.9. The monoisotopic (exact) mass is 381 g/mol. The molecule has 1 N–H and O–H groups in total. The lowest BCUT2D eigenvalue weighted by Crippen LogP contribution is -2.46. The van der Waals surface area contributed by atoms with Gasteiger partial charge in [-0.1, -0.05) is 6.07 Å². The highest BCUT2D eigenvalue weighted by atomic mass is 16.2. The molecule has 0 radical (unpaired) electrons. The first-order chi connectivity index (χ1) is 13.5. The second-order valence-electron chi connectivity index (χ2n) is 7.25. The summed E-state index contributed by atoms with van der Waals surface area (Å²) in [6.07, 6.45) is 4.07. The summed E-state index contributed by atoms with van der Waals surface area (Å²) in [4.78, 5) is 39.6. The third-order valence-electron chi connectivity index (χ3n) is 4.91. The highest BCUT2D eigenvalue weighted by Gasteiger charge is 2.29. The first-order valence-corrected chi connectivity index (χ1v) is 9.78. The highest BCUT2D eigenvalue weighted by Crippen LogP contribution is 2.18. The van der Waals surface area contributed by atoms with Gasteiger partial charge in [0.2, 0.25) is 11.8 Å². The van der Waals surface area contributed by atoms with Crippen LogP contribution in [0.2, 0.25) is 0 Å². The minimum atomic E-state index is -0.165. The largest absolute Gasteiger partial charge is 0.355 e. The van der Waals surface area contributed by atoms with Crippen LogP contribution in [0.25, 0.3) is 0 Å². The fourth-order valence-electron chi connectivity index (χ4n) is 3.49. The molecule has 1 fully saturated rings. The van der Waals surface area contributed by atoms with Gasteiger partial charge < -0.3 is 10.2 Å². The molecule has 1 saturated heterocycles. The van der Waals surface area contributed by atoms with Crippen LogP contribution >= 0.6 is 0 Å². The van der Waals surface area contributed by atoms with Crippen molar-refractivity contribution in [2.75, 3.05) is 19.6 Å². The van der Waals surface area contributed by atoms with Crippen LogP contribution < -0.4 is 5.32 Å². The van der Waals surface area contributed by atoms with Gasteiger partial charge in [0.15, 0.2) is 0 Å². The van der Waals surface area contributed by atoms with E-state index in [-0.39, 0.29) is 17.7 Å². The van der Waals surface area contributed by atoms with Crippen LogP contribution in [0, 0.1) is 19.8 Å². The molecular formula is C21H27N5O2. The maximum Gasteiger partial charge on any atom is 0.224 e. The molecule has 1 aliphatic rings. The Morgan fingerprint density at radius 2 is 2.00 bits per heavy atom. The van der Waals surface area contributed by atoms with Crippen molar-refractivity contribution in [1.29, 1.82) is 0 Å². The van der Waals surface area contributed by atoms with Gasteiger partial charge in [0, 0.05) is 62.2 Å². The van der Waals surface area contributed by atoms with E-state index < -0.39 is 0 Å². The van der Waals surface area contributed by atoms with Crippen LogP contribution in [0.15, 0.2) is 30.5 Å². The molecule has 3 heterocycles. The van der Waals surface area contributed by atoms with Gasteiger partial charge in [-0.2, -0.15) is 0 Å². The summed E-state index contributed by atoms with van der Waals surface area (Å²) in [5.74, 6) is 0.693. The summed E-state index contributed by atoms with van der Waals surface area (Å²) >= 11 is 0. The van der Waals surface area contributed by atoms with E-state index in [9.17, 15) is 9.59 Å². The Morgan fingerprint density at radius 1 is 1.21 bits per heavy atom. The van der Waals surface area contributed by atoms with Gasteiger partial charge in [-0.05, 0) is 38.5 Å². The van der Waals surface area contributed by atoms with Crippen molar-refractivity contribution in [3.63, 3.8) is 0 Å². The lowest BCUT2D eigenvalue weighted by molar-refractivity contribution is -0.138. The molecule has 0 aromatic carbocycles. The van der Waals surface area contributed by atoms with Crippen molar-refractivity contribution in [3.05, 3.63) is 53.4 Å². The number of likely N-dealkylation sites (tertiary alicyclic amines) is 1. The van der Waals surface area contributed by atoms with Crippen molar-refractivity contribution in [2.45, 2.75) is 39.5 Å². The predicted molar refractivity (Wildman–Crippen MR) is 105 cm³/mol. The third kappa shape index (κ3) is 5.58. The van der Waals surface area contributed by atoms with E-state index in [0.29, 0.717) is 45.3 Å². The Kier molecular flexibility index (Phi) is 6.68. The van der Waals surface area contributed by atoms with E-state index >= 15 is 0 Å². The Hall–Kier alpha value is -2.83. The SMILES string of the molecule is Cc1cc(C)nc(CCNC(=O)[C@@H]2CCC(=O)N(CCc3ccccn3)C2)n1. The van der Waals surface area contributed by atoms with Gasteiger partial charge in [-0.25, -0.2) is 9.97 Å². The number of nitrogens with one attached hydrogen (secondary N) is 1. The van der Waals surface area contributed by atoms with Crippen LogP contribution in [0.3, 0.4) is 0 Å². The minimum Gasteiger partial charge on any atom is -0.355 e. The molecule has 0 aliphatic carbocycles. The molecule has 3 rings (SSSR count). The molecule has 2 aromatic rings. The van der Waals surface area contributed by atoms with Gasteiger partial charge in [-0.15, -0.1) is 0 Å². The van der Waals surface area contributed by atoms with Crippen molar-refractivity contribution in [2.24, 2.45) is 5.92 Å². The van der Waals surface area contributed by atoms with E-state index in [1.165, 1.54) is 0 Å². The number of hydrogen-bond donors (Lipinski definition) is 1. The van der Waals surface area contributed by atoms with Crippen LogP contribution in [0.5, 0.6) is 0 Å². The molecule has 0 bridgehead atoms. The summed E-state index contributed by atoms with van der Waals surface area (Å²) in [5.41, 5.74) is 2.82. The van der Waals surface area contributed by atoms with Crippen LogP contribution in [0.4, 0.5) is 0 Å². The summed E-state index contributed by atoms with van der Waals surface area (Å²) < 4.78 is 0. The number of amides is 2. The fourth-order valence-corrected chi connectivity index (χ4v) is 3.49. The van der Waals surface area contributed by atoms with Crippen molar-refractivity contribution in [1.82, 2.24) is 25.2 Å². The molecule has 0 saturated carbocycles. The molecule has 148 valence electrons. The predicted octanol–water partition coefficient (Wildman–Crippen LogP) is 1.63. The van der Waals surface area contributed by atoms with E-state index in [0.717, 1.165) is 22.9 Å². The van der Waals surface area contributed by atoms with E-state index in [4.69, 9.17) is 0 Å². The molecule has 0 spiro atoms. The van der Waals surface area contributed by atoms with E-state index in [2.05, 4.69) is 20.3 Å². The molecule has 28 heavy (non-hydrogen) atoms. The number of aromatic nitrogens is 3. The number of rotatable bonds is 7. The lowest BCUT2D eigenvalue weighted by atomic mass is 9.96. The number of piperidine rings is 1. The zero-order valence-electron chi connectivity index (χ0n) is 16.5. The summed E-state index contributed by atoms with van der Waals surface area (Å²) in [6, 6.07) is 7.70. The molecule has 7 heteroatoms. The van der Waals surface area contributed by atoms with E-state index in [1.807, 2.05) is 38.1 Å². The van der Waals surface area contributed by atoms with Gasteiger partial charge >= 0.3 is 0 Å². The molecule has 1 atom stereocenters. The highest BCUT2D eigenvalue weighted by molar-refractivity contribution is 5.83. The van der Waals surface area contributed by atoms with Crippen molar-refractivity contribution < 1.29 is 9.59 Å². The quantitative estimate of drug-likeness (QED) is 0.788. The fraction of sp³-hybridized carbons (Fsp3) is 0.476. The molecule has 1 aliphatic heterocycles. The van der Waals surface area contributed by atoms with Crippen molar-refractivity contribution >= 4 is 11.8 Å². The Balaban J connectivity index is 1.47. The number of aryl methyl sites for hydroxylation is 2. The lowest BCUT2D eigenvalue weighted by Gasteiger charge is -2.32. The van der Waals surface area contributed by atoms with E-state index in [1.54, 1.807) is 11.1 Å². The second kappa shape index (κ2) is 9.39. The average molecular weight is 381 g/mol. The Morgan fingerprint density at radius 3 is 2.71 bits per heavy atom. The number of pyridine rings is 1. The topological polar surface area (TPSA) is 88.1 Å². The van der Waals surface area contributed by atoms with Gasteiger partial charge in [0.1, 0.15) is 5.82 Å². The van der Waals surface area contributed by atoms with Crippen LogP contribution in [-0.2, 0) is 22.4 Å². The maximum atomic E-state index is 12.5. The summed E-state index contributed by atoms with van der Waals surface area (Å²) in [6.45, 7) is 5.44. The first kappa shape index (κ1) is 19.9. The molecule has 7 nitrogen and oxygen atoms in total. The maximum absolute atomic E-state index is 12.5. The van der Waals surface area contributed by atoms with Crippen LogP contribution in [-0.4, -0.2) is 51.3 Å². The average Bonchev–Trinajstić information content (AvgIpc) is 2.67. The third-order valence-corrected chi connectivity index (χ3v) is 4.91. The zero-order chi connectivity index (χ0) is 19.9. The molecule has 0 unspecified atom stereocenters. The smallest absolute Gasteiger partial charge is 0.224 e. The zero-order valence-corrected chi connectivity index (χ0v) is 16.5. The minimum absolute atomic E-state index is 0.000267. The number of carbonyl (C=O) groups is 2. The van der Waals surface area contributed by atoms with Crippen molar-refractivity contribution in [3.8, 4) is 0 Å². The molecular weight excluding hydrogens is 354 g/mol. The number of nitrogens with zero attached hydrogens (tertiary/aromatic N) is 4. The standard InChI is InChI=1S/C21H27N5O2/c1-15-13-16(2)25-19(24-15)8-11-23-21(28)17-6-7-20(27)26(14-17)12-9-18-5-3-4-10-22-18/h3-5,10,13,17H,6-9,11-12,14H2,1-2H3,(H,23,28)/t17-/m1/s1. The van der Waals surface area contributed by atoms with Crippen LogP contribution in [0.1, 0.15) is 35.7 Å². The summed E-state index contributed by atoms with van der Waals surface area (Å²) in [5, 5.41) is 2.98. The number of carbonyl (C=O) groups excluding carboxylic acids is 2.